The number of nitrogens with one attached hydrogen (secondary N) is 1. The van der Waals surface area contributed by atoms with Gasteiger partial charge in [0.15, 0.2) is 11.3 Å². The molecule has 0 saturated carbocycles. The van der Waals surface area contributed by atoms with Gasteiger partial charge in [-0.25, -0.2) is 9.59 Å². The Balaban J connectivity index is 1.48. The third kappa shape index (κ3) is 6.25. The van der Waals surface area contributed by atoms with Crippen molar-refractivity contribution in [1.29, 1.82) is 0 Å². The summed E-state index contributed by atoms with van der Waals surface area (Å²) in [5.74, 6) is -0.363. The number of amides is 1. The summed E-state index contributed by atoms with van der Waals surface area (Å²) in [6.07, 6.45) is 3.41. The van der Waals surface area contributed by atoms with Crippen LogP contribution in [0.5, 0.6) is 0 Å². The molecule has 0 bridgehead atoms. The average molecular weight is 585 g/mol. The number of thiophene rings is 1. The van der Waals surface area contributed by atoms with Crippen LogP contribution in [-0.2, 0) is 27.1 Å². The summed E-state index contributed by atoms with van der Waals surface area (Å²) in [6, 6.07) is 6.85. The summed E-state index contributed by atoms with van der Waals surface area (Å²) < 4.78 is 12.7. The molecule has 0 saturated heterocycles. The van der Waals surface area contributed by atoms with Crippen molar-refractivity contribution in [1.82, 2.24) is 14.8 Å². The third-order valence-electron chi connectivity index (χ3n) is 7.20. The Bertz CT molecular complexity index is 1400. The Labute approximate surface area is 243 Å². The second-order valence-corrected chi connectivity index (χ2v) is 12.8. The van der Waals surface area contributed by atoms with Gasteiger partial charge in [0.05, 0.1) is 17.7 Å². The molecule has 3 aromatic rings. The minimum absolute atomic E-state index is 0.141. The van der Waals surface area contributed by atoms with Crippen molar-refractivity contribution in [3.63, 3.8) is 0 Å². The van der Waals surface area contributed by atoms with E-state index >= 15 is 0 Å². The lowest BCUT2D eigenvalue weighted by Gasteiger charge is -2.33. The largest absolute Gasteiger partial charge is 0.462 e. The van der Waals surface area contributed by atoms with Crippen LogP contribution in [0.25, 0.3) is 5.69 Å². The van der Waals surface area contributed by atoms with E-state index in [0.29, 0.717) is 22.0 Å². The van der Waals surface area contributed by atoms with E-state index in [-0.39, 0.29) is 12.0 Å². The molecule has 0 radical (unpaired) electrons. The van der Waals surface area contributed by atoms with Crippen LogP contribution in [0, 0.1) is 18.3 Å². The van der Waals surface area contributed by atoms with E-state index in [9.17, 15) is 14.4 Å². The zero-order valence-corrected chi connectivity index (χ0v) is 25.6. The molecule has 0 spiro atoms. The highest BCUT2D eigenvalue weighted by Gasteiger charge is 2.35. The van der Waals surface area contributed by atoms with Gasteiger partial charge in [0, 0.05) is 10.6 Å². The zero-order valence-electron chi connectivity index (χ0n) is 24.0. The summed E-state index contributed by atoms with van der Waals surface area (Å²) in [4.78, 5) is 40.0. The Morgan fingerprint density at radius 1 is 1.18 bits per heavy atom. The number of esters is 2. The smallest absolute Gasteiger partial charge is 0.341 e. The normalized spacial score (nSPS) is 15.7. The summed E-state index contributed by atoms with van der Waals surface area (Å²) in [6.45, 7) is 12.1. The topological polar surface area (TPSA) is 112 Å². The van der Waals surface area contributed by atoms with Gasteiger partial charge in [-0.1, -0.05) is 32.5 Å². The molecular formula is C29H36N4O5S2. The summed E-state index contributed by atoms with van der Waals surface area (Å²) >= 11 is 2.89. The minimum atomic E-state index is -1.08. The molecule has 0 fully saturated rings. The number of anilines is 1. The molecule has 40 heavy (non-hydrogen) atoms. The molecule has 2 atom stereocenters. The average Bonchev–Trinajstić information content (AvgIpc) is 3.47. The maximum Gasteiger partial charge on any atom is 0.341 e. The number of aryl methyl sites for hydroxylation is 1. The lowest BCUT2D eigenvalue weighted by Crippen LogP contribution is -2.30. The SMILES string of the molecule is CCOC(=O)c1c(NC(=O)C(C)OC(=O)c2ccc(-n3c(C)nnc3SC)cc2)sc2c1CCC(C(C)(C)C)C2. The quantitative estimate of drug-likeness (QED) is 0.258. The number of nitrogens with zero attached hydrogens (tertiary/aromatic N) is 3. The number of fused-ring (bicyclic) bond motifs is 1. The molecule has 2 unspecified atom stereocenters. The predicted octanol–water partition coefficient (Wildman–Crippen LogP) is 5.87. The highest BCUT2D eigenvalue weighted by Crippen LogP contribution is 2.44. The number of carbonyl (C=O) groups is 3. The van der Waals surface area contributed by atoms with Gasteiger partial charge in [-0.3, -0.25) is 9.36 Å². The monoisotopic (exact) mass is 584 g/mol. The Hall–Kier alpha value is -3.18. The molecule has 2 aromatic heterocycles. The van der Waals surface area contributed by atoms with Crippen molar-refractivity contribution in [2.45, 2.75) is 72.1 Å². The fourth-order valence-electron chi connectivity index (χ4n) is 4.85. The molecule has 2 heterocycles. The van der Waals surface area contributed by atoms with Crippen LogP contribution in [0.3, 0.4) is 0 Å². The van der Waals surface area contributed by atoms with Crippen LogP contribution in [0.1, 0.15) is 78.0 Å². The number of rotatable bonds is 8. The van der Waals surface area contributed by atoms with Crippen molar-refractivity contribution in [3.05, 3.63) is 51.7 Å². The highest BCUT2D eigenvalue weighted by molar-refractivity contribution is 7.98. The Kier molecular flexibility index (Phi) is 9.04. The second kappa shape index (κ2) is 12.1. The van der Waals surface area contributed by atoms with Crippen LogP contribution in [-0.4, -0.2) is 51.6 Å². The zero-order chi connectivity index (χ0) is 29.2. The molecule has 4 rings (SSSR count). The first-order valence-corrected chi connectivity index (χ1v) is 15.4. The van der Waals surface area contributed by atoms with E-state index in [2.05, 4.69) is 36.3 Å². The van der Waals surface area contributed by atoms with Gasteiger partial charge in [0.2, 0.25) is 0 Å². The van der Waals surface area contributed by atoms with Crippen LogP contribution in [0.15, 0.2) is 29.4 Å². The summed E-state index contributed by atoms with van der Waals surface area (Å²) in [5.41, 5.74) is 2.65. The molecule has 1 N–H and O–H groups in total. The van der Waals surface area contributed by atoms with Crippen LogP contribution >= 0.6 is 23.1 Å². The van der Waals surface area contributed by atoms with Crippen molar-refractivity contribution in [2.24, 2.45) is 11.3 Å². The lowest BCUT2D eigenvalue weighted by molar-refractivity contribution is -0.123. The first-order chi connectivity index (χ1) is 18.9. The Morgan fingerprint density at radius 2 is 1.88 bits per heavy atom. The number of thioether (sulfide) groups is 1. The predicted molar refractivity (Wildman–Crippen MR) is 157 cm³/mol. The van der Waals surface area contributed by atoms with Gasteiger partial charge in [-0.05, 0) is 87.5 Å². The minimum Gasteiger partial charge on any atom is -0.462 e. The van der Waals surface area contributed by atoms with Crippen LogP contribution in [0.4, 0.5) is 5.00 Å². The third-order valence-corrected chi connectivity index (χ3v) is 9.00. The van der Waals surface area contributed by atoms with Crippen molar-refractivity contribution >= 4 is 45.9 Å². The maximum atomic E-state index is 13.1. The van der Waals surface area contributed by atoms with E-state index in [4.69, 9.17) is 9.47 Å². The molecule has 214 valence electrons. The molecule has 1 aliphatic carbocycles. The van der Waals surface area contributed by atoms with E-state index in [1.807, 2.05) is 17.7 Å². The standard InChI is InChI=1S/C29H36N4O5S2/c1-8-37-27(36)23-21-14-11-19(29(4,5)6)15-22(21)40-25(23)30-24(34)16(2)38-26(35)18-9-12-20(13-10-18)33-17(3)31-32-28(33)39-7/h9-10,12-13,16,19H,8,11,14-15H2,1-7H3,(H,30,34). The van der Waals surface area contributed by atoms with Gasteiger partial charge in [0.1, 0.15) is 10.8 Å². The van der Waals surface area contributed by atoms with Crippen molar-refractivity contribution in [2.75, 3.05) is 18.2 Å². The highest BCUT2D eigenvalue weighted by atomic mass is 32.2. The number of ether oxygens (including phenoxy) is 2. The van der Waals surface area contributed by atoms with Crippen molar-refractivity contribution < 1.29 is 23.9 Å². The van der Waals surface area contributed by atoms with Gasteiger partial charge in [-0.2, -0.15) is 0 Å². The Morgan fingerprint density at radius 3 is 2.50 bits per heavy atom. The summed E-state index contributed by atoms with van der Waals surface area (Å²) in [5, 5.41) is 12.3. The van der Waals surface area contributed by atoms with Crippen molar-refractivity contribution in [3.8, 4) is 5.69 Å². The molecule has 1 aliphatic rings. The second-order valence-electron chi connectivity index (χ2n) is 10.9. The molecule has 1 aromatic carbocycles. The van der Waals surface area contributed by atoms with E-state index in [1.54, 1.807) is 31.2 Å². The number of hydrogen-bond acceptors (Lipinski definition) is 9. The van der Waals surface area contributed by atoms with Gasteiger partial charge < -0.3 is 14.8 Å². The van der Waals surface area contributed by atoms with E-state index in [1.165, 1.54) is 30.0 Å². The lowest BCUT2D eigenvalue weighted by atomic mass is 9.72. The maximum absolute atomic E-state index is 13.1. The van der Waals surface area contributed by atoms with Gasteiger partial charge >= 0.3 is 11.9 Å². The number of carbonyl (C=O) groups excluding carboxylic acids is 3. The fraction of sp³-hybridized carbons (Fsp3) is 0.483. The molecule has 11 heteroatoms. The molecular weight excluding hydrogens is 548 g/mol. The fourth-order valence-corrected chi connectivity index (χ4v) is 6.71. The summed E-state index contributed by atoms with van der Waals surface area (Å²) in [7, 11) is 0. The number of benzene rings is 1. The molecule has 9 nitrogen and oxygen atoms in total. The first kappa shape index (κ1) is 29.8. The van der Waals surface area contributed by atoms with Crippen LogP contribution < -0.4 is 5.32 Å². The van der Waals surface area contributed by atoms with Gasteiger partial charge in [0.25, 0.3) is 5.91 Å². The van der Waals surface area contributed by atoms with Crippen LogP contribution in [0.2, 0.25) is 0 Å². The molecule has 1 amide bonds. The van der Waals surface area contributed by atoms with E-state index < -0.39 is 23.9 Å². The van der Waals surface area contributed by atoms with E-state index in [0.717, 1.165) is 46.4 Å². The first-order valence-electron chi connectivity index (χ1n) is 13.3. The number of aromatic nitrogens is 3. The van der Waals surface area contributed by atoms with Gasteiger partial charge in [-0.15, -0.1) is 21.5 Å². The number of hydrogen-bond donors (Lipinski definition) is 1. The molecule has 0 aliphatic heterocycles.